The van der Waals surface area contributed by atoms with Crippen molar-refractivity contribution in [2.24, 2.45) is 5.92 Å². The molecule has 2 aliphatic heterocycles. The van der Waals surface area contributed by atoms with E-state index >= 15 is 0 Å². The van der Waals surface area contributed by atoms with E-state index < -0.39 is 11.7 Å². The Morgan fingerprint density at radius 2 is 2.13 bits per heavy atom. The summed E-state index contributed by atoms with van der Waals surface area (Å²) in [6.45, 7) is 10.5. The highest BCUT2D eigenvalue weighted by atomic mass is 16.5. The third-order valence-corrected chi connectivity index (χ3v) is 5.46. The molecule has 0 fully saturated rings. The lowest BCUT2D eigenvalue weighted by atomic mass is 9.82. The Morgan fingerprint density at radius 1 is 1.39 bits per heavy atom. The summed E-state index contributed by atoms with van der Waals surface area (Å²) in [5.41, 5.74) is 2.92. The van der Waals surface area contributed by atoms with Gasteiger partial charge in [0.25, 0.3) is 0 Å². The van der Waals surface area contributed by atoms with Crippen LogP contribution in [-0.2, 0) is 4.74 Å². The first-order chi connectivity index (χ1) is 10.9. The van der Waals surface area contributed by atoms with Crippen LogP contribution in [0, 0.1) is 5.92 Å². The summed E-state index contributed by atoms with van der Waals surface area (Å²) in [6, 6.07) is 0. The Kier molecular flexibility index (Phi) is 6.24. The molecule has 2 rings (SSSR count). The van der Waals surface area contributed by atoms with E-state index in [0.717, 1.165) is 43.3 Å². The topological polar surface area (TPSA) is 49.7 Å². The second-order valence-electron chi connectivity index (χ2n) is 7.51. The zero-order chi connectivity index (χ0) is 17.0. The fourth-order valence-electron chi connectivity index (χ4n) is 3.70. The molecule has 3 nitrogen and oxygen atoms in total. The number of rotatable bonds is 2. The van der Waals surface area contributed by atoms with Crippen molar-refractivity contribution in [2.45, 2.75) is 77.1 Å². The van der Waals surface area contributed by atoms with Crippen molar-refractivity contribution in [1.82, 2.24) is 0 Å². The van der Waals surface area contributed by atoms with Crippen molar-refractivity contribution in [3.8, 4) is 0 Å². The molecule has 0 saturated heterocycles. The highest BCUT2D eigenvalue weighted by Gasteiger charge is 2.39. The van der Waals surface area contributed by atoms with E-state index in [1.807, 2.05) is 6.92 Å². The predicted molar refractivity (Wildman–Crippen MR) is 94.2 cm³/mol. The third kappa shape index (κ3) is 4.56. The van der Waals surface area contributed by atoms with Gasteiger partial charge < -0.3 is 14.9 Å². The zero-order valence-corrected chi connectivity index (χ0v) is 14.8. The lowest BCUT2D eigenvalue weighted by Crippen LogP contribution is -2.47. The average Bonchev–Trinajstić information content (AvgIpc) is 2.48. The molecule has 0 aromatic heterocycles. The smallest absolute Gasteiger partial charge is 0.0923 e. The summed E-state index contributed by atoms with van der Waals surface area (Å²) in [4.78, 5) is 0. The highest BCUT2D eigenvalue weighted by Crippen LogP contribution is 2.37. The standard InChI is InChI=1S/C20H32O3/c1-14(2)17-9-7-15(3)6-5-11-20(4)19(22)10-8-16(13-21)12-18(17)23-20/h6,12,17-19,21-22H,1,5,7-11,13H2,2-4H3/b15-6+,16-12+/t17-,18?,19+,20+/m1/s1. The van der Waals surface area contributed by atoms with Crippen LogP contribution in [0.1, 0.15) is 59.3 Å². The summed E-state index contributed by atoms with van der Waals surface area (Å²) in [6.07, 6.45) is 8.87. The highest BCUT2D eigenvalue weighted by molar-refractivity contribution is 5.16. The molecule has 0 saturated carbocycles. The van der Waals surface area contributed by atoms with Gasteiger partial charge in [-0.05, 0) is 64.9 Å². The molecule has 23 heavy (non-hydrogen) atoms. The van der Waals surface area contributed by atoms with Crippen molar-refractivity contribution in [1.29, 1.82) is 0 Å². The summed E-state index contributed by atoms with van der Waals surface area (Å²) in [5, 5.41) is 20.3. The Hall–Kier alpha value is -0.900. The van der Waals surface area contributed by atoms with E-state index in [1.54, 1.807) is 0 Å². The molecule has 0 amide bonds. The normalized spacial score (nSPS) is 40.8. The van der Waals surface area contributed by atoms with Gasteiger partial charge in [-0.15, -0.1) is 0 Å². The monoisotopic (exact) mass is 320 g/mol. The van der Waals surface area contributed by atoms with Gasteiger partial charge in [0.15, 0.2) is 0 Å². The summed E-state index contributed by atoms with van der Waals surface area (Å²) in [5.74, 6) is 0.211. The van der Waals surface area contributed by atoms with Crippen molar-refractivity contribution < 1.29 is 14.9 Å². The average molecular weight is 320 g/mol. The van der Waals surface area contributed by atoms with Crippen LogP contribution >= 0.6 is 0 Å². The van der Waals surface area contributed by atoms with E-state index in [9.17, 15) is 10.2 Å². The number of allylic oxidation sites excluding steroid dienone is 2. The van der Waals surface area contributed by atoms with Crippen molar-refractivity contribution in [3.63, 3.8) is 0 Å². The second kappa shape index (κ2) is 7.78. The lowest BCUT2D eigenvalue weighted by Gasteiger charge is -2.42. The van der Waals surface area contributed by atoms with Gasteiger partial charge in [0.05, 0.1) is 24.4 Å². The Balaban J connectivity index is 2.43. The van der Waals surface area contributed by atoms with E-state index in [4.69, 9.17) is 4.74 Å². The fraction of sp³-hybridized carbons (Fsp3) is 0.700. The van der Waals surface area contributed by atoms with Crippen LogP contribution in [-0.4, -0.2) is 34.6 Å². The van der Waals surface area contributed by atoms with Gasteiger partial charge in [-0.25, -0.2) is 0 Å². The zero-order valence-electron chi connectivity index (χ0n) is 14.8. The quantitative estimate of drug-likeness (QED) is 0.758. The SMILES string of the molecule is C=C(C)[C@H]1CC/C(C)=C/CC[C@]2(C)OC1/C=C(/CO)CC[C@@H]2O. The van der Waals surface area contributed by atoms with Crippen LogP contribution in [0.2, 0.25) is 0 Å². The first-order valence-electron chi connectivity index (χ1n) is 8.83. The maximum atomic E-state index is 10.7. The summed E-state index contributed by atoms with van der Waals surface area (Å²) < 4.78 is 6.48. The first-order valence-corrected chi connectivity index (χ1v) is 8.83. The molecule has 0 aromatic rings. The van der Waals surface area contributed by atoms with Gasteiger partial charge in [-0.3, -0.25) is 0 Å². The molecule has 2 bridgehead atoms. The largest absolute Gasteiger partial charge is 0.392 e. The minimum absolute atomic E-state index is 0.0329. The maximum Gasteiger partial charge on any atom is 0.0923 e. The van der Waals surface area contributed by atoms with E-state index in [1.165, 1.54) is 5.57 Å². The second-order valence-corrected chi connectivity index (χ2v) is 7.51. The minimum Gasteiger partial charge on any atom is -0.392 e. The molecule has 1 unspecified atom stereocenters. The van der Waals surface area contributed by atoms with Gasteiger partial charge in [-0.2, -0.15) is 0 Å². The molecule has 2 heterocycles. The Morgan fingerprint density at radius 3 is 2.78 bits per heavy atom. The van der Waals surface area contributed by atoms with Gasteiger partial charge >= 0.3 is 0 Å². The molecule has 4 atom stereocenters. The Bertz CT molecular complexity index is 491. The maximum absolute atomic E-state index is 10.7. The summed E-state index contributed by atoms with van der Waals surface area (Å²) >= 11 is 0. The minimum atomic E-state index is -0.552. The molecule has 0 radical (unpaired) electrons. The van der Waals surface area contributed by atoms with E-state index in [0.29, 0.717) is 6.42 Å². The number of aliphatic hydroxyl groups excluding tert-OH is 2. The van der Waals surface area contributed by atoms with E-state index in [-0.39, 0.29) is 18.6 Å². The molecule has 0 aliphatic carbocycles. The van der Waals surface area contributed by atoms with Gasteiger partial charge in [0.1, 0.15) is 0 Å². The van der Waals surface area contributed by atoms with Crippen LogP contribution < -0.4 is 0 Å². The lowest BCUT2D eigenvalue weighted by molar-refractivity contribution is -0.151. The van der Waals surface area contributed by atoms with Crippen LogP contribution in [0.4, 0.5) is 0 Å². The Labute approximate surface area is 140 Å². The van der Waals surface area contributed by atoms with Crippen LogP contribution in [0.15, 0.2) is 35.5 Å². The number of hydrogen-bond acceptors (Lipinski definition) is 3. The molecule has 2 N–H and O–H groups in total. The number of aliphatic hydroxyl groups is 2. The molecule has 2 aliphatic rings. The van der Waals surface area contributed by atoms with E-state index in [2.05, 4.69) is 32.6 Å². The molecule has 0 spiro atoms. The van der Waals surface area contributed by atoms with Crippen LogP contribution in [0.25, 0.3) is 0 Å². The van der Waals surface area contributed by atoms with Crippen LogP contribution in [0.3, 0.4) is 0 Å². The number of hydrogen-bond donors (Lipinski definition) is 2. The molecule has 0 aromatic carbocycles. The van der Waals surface area contributed by atoms with Gasteiger partial charge in [-0.1, -0.05) is 29.9 Å². The predicted octanol–water partition coefficient (Wildman–Crippen LogP) is 3.92. The number of ether oxygens (including phenoxy) is 1. The van der Waals surface area contributed by atoms with Crippen molar-refractivity contribution in [3.05, 3.63) is 35.5 Å². The first kappa shape index (κ1) is 18.4. The number of fused-ring (bicyclic) bond motifs is 2. The molecular formula is C20H32O3. The van der Waals surface area contributed by atoms with Gasteiger partial charge in [0.2, 0.25) is 0 Å². The van der Waals surface area contributed by atoms with Crippen molar-refractivity contribution in [2.75, 3.05) is 6.61 Å². The van der Waals surface area contributed by atoms with Gasteiger partial charge in [0, 0.05) is 5.92 Å². The van der Waals surface area contributed by atoms with Crippen molar-refractivity contribution >= 4 is 0 Å². The molecule has 3 heteroatoms. The molecular weight excluding hydrogens is 288 g/mol. The summed E-state index contributed by atoms with van der Waals surface area (Å²) in [7, 11) is 0. The fourth-order valence-corrected chi connectivity index (χ4v) is 3.70. The molecule has 130 valence electrons. The van der Waals surface area contributed by atoms with Crippen LogP contribution in [0.5, 0.6) is 0 Å². The third-order valence-electron chi connectivity index (χ3n) is 5.46.